The minimum absolute atomic E-state index is 0.0680. The van der Waals surface area contributed by atoms with Crippen molar-refractivity contribution < 1.29 is 21.9 Å². The van der Waals surface area contributed by atoms with Crippen LogP contribution in [0, 0.1) is 27.3 Å². The lowest BCUT2D eigenvalue weighted by Crippen LogP contribution is -2.11. The first-order valence-corrected chi connectivity index (χ1v) is 7.13. The number of nitrogens with zero attached hydrogens (tertiary/aromatic N) is 2. The van der Waals surface area contributed by atoms with E-state index in [9.17, 15) is 22.9 Å². The Morgan fingerprint density at radius 1 is 1.23 bits per heavy atom. The summed E-state index contributed by atoms with van der Waals surface area (Å²) in [6, 6.07) is 8.85. The molecule has 0 aliphatic heterocycles. The second kappa shape index (κ2) is 5.79. The fraction of sp³-hybridized carbons (Fsp3) is 0. The third kappa shape index (κ3) is 3.18. The van der Waals surface area contributed by atoms with Gasteiger partial charge in [0.2, 0.25) is 5.75 Å². The summed E-state index contributed by atoms with van der Waals surface area (Å²) >= 11 is 0. The van der Waals surface area contributed by atoms with E-state index in [1.54, 1.807) is 6.07 Å². The van der Waals surface area contributed by atoms with Crippen molar-refractivity contribution in [1.29, 1.82) is 5.26 Å². The Balaban J connectivity index is 2.47. The van der Waals surface area contributed by atoms with Crippen LogP contribution >= 0.6 is 0 Å². The molecule has 2 aromatic carbocycles. The second-order valence-electron chi connectivity index (χ2n) is 4.05. The lowest BCUT2D eigenvalue weighted by Gasteiger charge is -2.07. The quantitative estimate of drug-likeness (QED) is 0.485. The first-order valence-electron chi connectivity index (χ1n) is 5.72. The van der Waals surface area contributed by atoms with Gasteiger partial charge < -0.3 is 4.18 Å². The maximum atomic E-state index is 13.2. The number of nitriles is 1. The van der Waals surface area contributed by atoms with Crippen LogP contribution in [0.2, 0.25) is 0 Å². The standard InChI is InChI=1S/C13H7FN2O5S/c14-10-4-5-12(16(17)18)13(7-10)21-22(19,20)11-3-1-2-9(6-11)8-15/h1-7H. The molecule has 0 amide bonds. The number of halogens is 1. The molecule has 0 atom stereocenters. The molecule has 0 aromatic heterocycles. The maximum Gasteiger partial charge on any atom is 0.339 e. The Hall–Kier alpha value is -2.99. The predicted octanol–water partition coefficient (Wildman–Crippen LogP) is 2.37. The van der Waals surface area contributed by atoms with E-state index in [0.29, 0.717) is 6.07 Å². The summed E-state index contributed by atoms with van der Waals surface area (Å²) < 4.78 is 42.0. The van der Waals surface area contributed by atoms with Crippen molar-refractivity contribution in [2.24, 2.45) is 0 Å². The molecule has 2 rings (SSSR count). The van der Waals surface area contributed by atoms with Crippen LogP contribution in [-0.4, -0.2) is 13.3 Å². The molecule has 0 N–H and O–H groups in total. The van der Waals surface area contributed by atoms with E-state index in [2.05, 4.69) is 4.18 Å². The van der Waals surface area contributed by atoms with Gasteiger partial charge in [-0.2, -0.15) is 13.7 Å². The minimum Gasteiger partial charge on any atom is -0.371 e. The van der Waals surface area contributed by atoms with Crippen LogP contribution in [0.1, 0.15) is 5.56 Å². The van der Waals surface area contributed by atoms with E-state index in [4.69, 9.17) is 5.26 Å². The summed E-state index contributed by atoms with van der Waals surface area (Å²) in [4.78, 5) is 9.56. The van der Waals surface area contributed by atoms with Gasteiger partial charge >= 0.3 is 15.8 Å². The van der Waals surface area contributed by atoms with Gasteiger partial charge in [-0.3, -0.25) is 10.1 Å². The molecule has 2 aromatic rings. The van der Waals surface area contributed by atoms with Gasteiger partial charge in [0, 0.05) is 12.1 Å². The number of nitro benzene ring substituents is 1. The van der Waals surface area contributed by atoms with Gasteiger partial charge in [-0.1, -0.05) is 6.07 Å². The van der Waals surface area contributed by atoms with Gasteiger partial charge in [0.25, 0.3) is 0 Å². The number of nitro groups is 1. The SMILES string of the molecule is N#Cc1cccc(S(=O)(=O)Oc2cc(F)ccc2[N+](=O)[O-])c1. The largest absolute Gasteiger partial charge is 0.371 e. The predicted molar refractivity (Wildman–Crippen MR) is 72.0 cm³/mol. The summed E-state index contributed by atoms with van der Waals surface area (Å²) in [5.41, 5.74) is -0.625. The van der Waals surface area contributed by atoms with Gasteiger partial charge in [-0.05, 0) is 24.3 Å². The van der Waals surface area contributed by atoms with Crippen LogP contribution in [0.4, 0.5) is 10.1 Å². The minimum atomic E-state index is -4.44. The highest BCUT2D eigenvalue weighted by Crippen LogP contribution is 2.30. The summed E-state index contributed by atoms with van der Waals surface area (Å²) in [5, 5.41) is 19.6. The van der Waals surface area contributed by atoms with Crippen LogP contribution in [0.3, 0.4) is 0 Å². The average Bonchev–Trinajstić information content (AvgIpc) is 2.46. The molecule has 0 unspecified atom stereocenters. The van der Waals surface area contributed by atoms with Crippen molar-refractivity contribution in [3.63, 3.8) is 0 Å². The molecular weight excluding hydrogens is 315 g/mol. The van der Waals surface area contributed by atoms with Crippen LogP contribution in [0.15, 0.2) is 47.4 Å². The molecule has 0 saturated carbocycles. The van der Waals surface area contributed by atoms with Crippen molar-refractivity contribution in [1.82, 2.24) is 0 Å². The summed E-state index contributed by atoms with van der Waals surface area (Å²) in [7, 11) is -4.44. The Bertz CT molecular complexity index is 890. The monoisotopic (exact) mass is 322 g/mol. The number of benzene rings is 2. The number of hydrogen-bond acceptors (Lipinski definition) is 6. The average molecular weight is 322 g/mol. The zero-order chi connectivity index (χ0) is 16.3. The summed E-state index contributed by atoms with van der Waals surface area (Å²) in [6.07, 6.45) is 0. The van der Waals surface area contributed by atoms with E-state index in [1.807, 2.05) is 0 Å². The van der Waals surface area contributed by atoms with Crippen molar-refractivity contribution in [2.75, 3.05) is 0 Å². The van der Waals surface area contributed by atoms with Gasteiger partial charge in [0.1, 0.15) is 10.7 Å². The van der Waals surface area contributed by atoms with E-state index >= 15 is 0 Å². The summed E-state index contributed by atoms with van der Waals surface area (Å²) in [5.74, 6) is -1.63. The molecular formula is C13H7FN2O5S. The smallest absolute Gasteiger partial charge is 0.339 e. The topological polar surface area (TPSA) is 110 Å². The highest BCUT2D eigenvalue weighted by atomic mass is 32.2. The molecule has 22 heavy (non-hydrogen) atoms. The molecule has 0 heterocycles. The van der Waals surface area contributed by atoms with E-state index in [1.165, 1.54) is 12.1 Å². The molecule has 0 aliphatic rings. The van der Waals surface area contributed by atoms with E-state index < -0.39 is 32.3 Å². The van der Waals surface area contributed by atoms with Crippen molar-refractivity contribution in [2.45, 2.75) is 4.90 Å². The highest BCUT2D eigenvalue weighted by Gasteiger charge is 2.24. The van der Waals surface area contributed by atoms with E-state index in [0.717, 1.165) is 24.3 Å². The molecule has 0 fully saturated rings. The molecule has 0 radical (unpaired) electrons. The first kappa shape index (κ1) is 15.4. The second-order valence-corrected chi connectivity index (χ2v) is 5.59. The molecule has 0 bridgehead atoms. The van der Waals surface area contributed by atoms with Crippen LogP contribution in [0.25, 0.3) is 0 Å². The van der Waals surface area contributed by atoms with Gasteiger partial charge in [0.05, 0.1) is 16.6 Å². The molecule has 112 valence electrons. The van der Waals surface area contributed by atoms with Crippen LogP contribution in [-0.2, 0) is 10.1 Å². The highest BCUT2D eigenvalue weighted by molar-refractivity contribution is 7.87. The Morgan fingerprint density at radius 2 is 1.95 bits per heavy atom. The molecule has 9 heteroatoms. The summed E-state index contributed by atoms with van der Waals surface area (Å²) in [6.45, 7) is 0. The Labute approximate surface area is 124 Å². The molecule has 0 saturated heterocycles. The third-order valence-electron chi connectivity index (χ3n) is 2.57. The van der Waals surface area contributed by atoms with Gasteiger partial charge in [-0.25, -0.2) is 4.39 Å². The van der Waals surface area contributed by atoms with Crippen LogP contribution < -0.4 is 4.18 Å². The van der Waals surface area contributed by atoms with Gasteiger partial charge in [0.15, 0.2) is 0 Å². The van der Waals surface area contributed by atoms with Crippen molar-refractivity contribution >= 4 is 15.8 Å². The third-order valence-corrected chi connectivity index (χ3v) is 3.80. The molecule has 0 spiro atoms. The molecule has 0 aliphatic carbocycles. The zero-order valence-corrected chi connectivity index (χ0v) is 11.6. The zero-order valence-electron chi connectivity index (χ0n) is 10.8. The lowest BCUT2D eigenvalue weighted by atomic mass is 10.2. The Morgan fingerprint density at radius 3 is 2.59 bits per heavy atom. The maximum absolute atomic E-state index is 13.2. The normalized spacial score (nSPS) is 10.7. The van der Waals surface area contributed by atoms with E-state index in [-0.39, 0.29) is 10.5 Å². The lowest BCUT2D eigenvalue weighted by molar-refractivity contribution is -0.385. The first-order chi connectivity index (χ1) is 10.3. The fourth-order valence-electron chi connectivity index (χ4n) is 1.59. The van der Waals surface area contributed by atoms with Gasteiger partial charge in [-0.15, -0.1) is 0 Å². The Kier molecular flexibility index (Phi) is 4.05. The fourth-order valence-corrected chi connectivity index (χ4v) is 2.58. The van der Waals surface area contributed by atoms with Crippen LogP contribution in [0.5, 0.6) is 5.75 Å². The number of rotatable bonds is 4. The van der Waals surface area contributed by atoms with Crippen molar-refractivity contribution in [3.8, 4) is 11.8 Å². The molecule has 7 nitrogen and oxygen atoms in total. The van der Waals surface area contributed by atoms with Crippen molar-refractivity contribution in [3.05, 3.63) is 64.0 Å². The number of hydrogen-bond donors (Lipinski definition) is 0.